The van der Waals surface area contributed by atoms with Crippen LogP contribution in [-0.2, 0) is 64.2 Å². The smallest absolute Gasteiger partial charge is 0.245 e. The Bertz CT molecular complexity index is 2140. The number of sulfone groups is 1. The van der Waals surface area contributed by atoms with Crippen LogP contribution < -0.4 is 54.4 Å². The van der Waals surface area contributed by atoms with E-state index in [-0.39, 0.29) is 37.5 Å². The summed E-state index contributed by atoms with van der Waals surface area (Å²) in [6.45, 7) is 2.23. The van der Waals surface area contributed by atoms with E-state index in [4.69, 9.17) is 17.2 Å². The van der Waals surface area contributed by atoms with Crippen LogP contribution in [0.5, 0.6) is 5.75 Å². The van der Waals surface area contributed by atoms with Gasteiger partial charge in [-0.1, -0.05) is 64.5 Å². The van der Waals surface area contributed by atoms with Crippen LogP contribution in [0.4, 0.5) is 0 Å². The number of primary amides is 3. The highest BCUT2D eigenvalue weighted by molar-refractivity contribution is 7.91. The van der Waals surface area contributed by atoms with Crippen molar-refractivity contribution in [2.45, 2.75) is 134 Å². The zero-order valence-electron chi connectivity index (χ0n) is 40.1. The number of hydrogen-bond donors (Lipinski definition) is 11. The van der Waals surface area contributed by atoms with Crippen molar-refractivity contribution in [2.24, 2.45) is 29.0 Å². The predicted molar refractivity (Wildman–Crippen MR) is 254 cm³/mol. The maximum absolute atomic E-state index is 14.1. The van der Waals surface area contributed by atoms with Gasteiger partial charge in [0.05, 0.1) is 37.1 Å². The van der Waals surface area contributed by atoms with Gasteiger partial charge in [0.15, 0.2) is 0 Å². The first-order valence-electron chi connectivity index (χ1n) is 23.6. The van der Waals surface area contributed by atoms with Gasteiger partial charge in [-0.05, 0) is 68.2 Å². The van der Waals surface area contributed by atoms with Gasteiger partial charge in [0, 0.05) is 13.5 Å². The van der Waals surface area contributed by atoms with Gasteiger partial charge in [0.1, 0.15) is 45.8 Å². The Morgan fingerprint density at radius 3 is 2.03 bits per heavy atom. The minimum Gasteiger partial charge on any atom is -0.508 e. The number of carbonyl (C=O) groups is 10. The van der Waals surface area contributed by atoms with E-state index >= 15 is 0 Å². The fourth-order valence-corrected chi connectivity index (χ4v) is 9.55. The summed E-state index contributed by atoms with van der Waals surface area (Å²) in [6.07, 6.45) is 2.86. The molecule has 0 spiro atoms. The first kappa shape index (κ1) is 57.9. The van der Waals surface area contributed by atoms with Gasteiger partial charge < -0.3 is 64.4 Å². The summed E-state index contributed by atoms with van der Waals surface area (Å²) >= 11 is 0. The Kier molecular flexibility index (Phi) is 23.5. The Balaban J connectivity index is 2.00. The number of hydrogen-bond acceptors (Lipinski definition) is 14. The van der Waals surface area contributed by atoms with Gasteiger partial charge in [-0.15, -0.1) is 0 Å². The molecule has 10 amide bonds. The Hall–Kier alpha value is -6.37. The molecule has 3 rings (SSSR count). The van der Waals surface area contributed by atoms with E-state index < -0.39 is 161 Å². The zero-order valence-corrected chi connectivity index (χ0v) is 40.9. The van der Waals surface area contributed by atoms with Gasteiger partial charge in [0.2, 0.25) is 59.1 Å². The topological polar surface area (TPSA) is 391 Å². The lowest BCUT2D eigenvalue weighted by Gasteiger charge is -2.30. The van der Waals surface area contributed by atoms with Crippen molar-refractivity contribution in [3.63, 3.8) is 0 Å². The van der Waals surface area contributed by atoms with Crippen LogP contribution in [0.15, 0.2) is 24.3 Å². The Morgan fingerprint density at radius 2 is 1.41 bits per heavy atom. The summed E-state index contributed by atoms with van der Waals surface area (Å²) < 4.78 is 27.1. The molecule has 14 N–H and O–H groups in total. The molecule has 1 aromatic carbocycles. The van der Waals surface area contributed by atoms with Gasteiger partial charge in [-0.25, -0.2) is 8.42 Å². The molecule has 70 heavy (non-hydrogen) atoms. The average Bonchev–Trinajstić information content (AvgIpc) is 3.30. The molecule has 1 aromatic rings. The van der Waals surface area contributed by atoms with Gasteiger partial charge in [-0.2, -0.15) is 0 Å². The first-order chi connectivity index (χ1) is 33.0. The molecule has 1 aliphatic heterocycles. The number of carbonyl (C=O) groups excluding carboxylic acids is 10. The quantitative estimate of drug-likeness (QED) is 0.0688. The lowest BCUT2D eigenvalue weighted by Crippen LogP contribution is -2.60. The summed E-state index contributed by atoms with van der Waals surface area (Å²) in [6, 6.07) is -2.53. The zero-order chi connectivity index (χ0) is 52.1. The van der Waals surface area contributed by atoms with Crippen molar-refractivity contribution in [1.82, 2.24) is 42.1 Å². The minimum atomic E-state index is -4.02. The molecule has 2 aliphatic rings. The van der Waals surface area contributed by atoms with E-state index in [1.807, 2.05) is 0 Å². The largest absolute Gasteiger partial charge is 0.508 e. The Morgan fingerprint density at radius 1 is 0.786 bits per heavy atom. The molecule has 0 aromatic heterocycles. The van der Waals surface area contributed by atoms with E-state index in [9.17, 15) is 61.5 Å². The lowest BCUT2D eigenvalue weighted by atomic mass is 9.84. The van der Waals surface area contributed by atoms with Crippen LogP contribution in [0, 0.1) is 11.8 Å². The van der Waals surface area contributed by atoms with Gasteiger partial charge in [0.25, 0.3) is 0 Å². The molecule has 1 heterocycles. The van der Waals surface area contributed by atoms with Crippen molar-refractivity contribution in [3.8, 4) is 5.75 Å². The number of phenolic OH excluding ortho intramolecular Hbond substituents is 1. The molecule has 1 saturated carbocycles. The van der Waals surface area contributed by atoms with Crippen molar-refractivity contribution >= 4 is 68.9 Å². The predicted octanol–water partition coefficient (Wildman–Crippen LogP) is -3.26. The number of rotatable bonds is 18. The van der Waals surface area contributed by atoms with Gasteiger partial charge in [-0.3, -0.25) is 47.9 Å². The summed E-state index contributed by atoms with van der Waals surface area (Å²) in [5.74, 6) is -10.6. The molecule has 2 fully saturated rings. The number of phenols is 1. The van der Waals surface area contributed by atoms with Crippen molar-refractivity contribution in [2.75, 3.05) is 38.2 Å². The number of nitrogens with zero attached hydrogens (tertiary/aromatic N) is 1. The standard InChI is InChI=1S/C45H71N11O13S/c1-4-26(2)39-44(66)52-30(15-16-35(46)58)41(63)54-34(23-36(47)59)43(65)53-31(17-20-70(68,69)19-8-18-49-32(42(64)55-39)21-28-11-13-29(57)14-12-28)45(67)56(3)25-38(61)51-33(40(62)50-24-37(48)60)22-27-9-6-5-7-10-27/h11-14,26-27,30-34,39,49,57H,4-10,15-25H2,1-3H3,(H2,46,58)(H2,47,59)(H2,48,60)(H,50,62)(H,51,61)(H,52,66)(H,53,65)(H,54,63)(H,55,64)/t26-,30-,31-,32+,33-,34-,39-/m0/s1. The third-order valence-corrected chi connectivity index (χ3v) is 14.1. The number of nitrogens with one attached hydrogen (secondary N) is 7. The van der Waals surface area contributed by atoms with E-state index in [1.165, 1.54) is 19.2 Å². The van der Waals surface area contributed by atoms with Crippen molar-refractivity contribution in [3.05, 3.63) is 29.8 Å². The molecule has 1 saturated heterocycles. The normalized spacial score (nSPS) is 23.1. The molecular weight excluding hydrogens is 935 g/mol. The monoisotopic (exact) mass is 1010 g/mol. The fraction of sp³-hybridized carbons (Fsp3) is 0.644. The SMILES string of the molecule is CC[C@H](C)[C@@H]1NC(=O)[C@@H](Cc2ccc(O)cc2)NCCCS(=O)(=O)CC[C@@H](C(=O)N(C)CC(=O)N[C@@H](CC2CCCCC2)C(=O)NCC(N)=O)NC(=O)[C@H](CC(N)=O)NC(=O)[C@H](CCC(N)=O)NC1=O. The molecular formula is C45H71N11O13S. The highest BCUT2D eigenvalue weighted by Gasteiger charge is 2.36. The lowest BCUT2D eigenvalue weighted by molar-refractivity contribution is -0.140. The van der Waals surface area contributed by atoms with E-state index in [0.29, 0.717) is 12.0 Å². The fourth-order valence-electron chi connectivity index (χ4n) is 8.16. The maximum Gasteiger partial charge on any atom is 0.245 e. The summed E-state index contributed by atoms with van der Waals surface area (Å²) in [5.41, 5.74) is 16.7. The highest BCUT2D eigenvalue weighted by atomic mass is 32.2. The number of aromatic hydroxyl groups is 1. The van der Waals surface area contributed by atoms with Crippen molar-refractivity contribution < 1.29 is 61.5 Å². The first-order valence-corrected chi connectivity index (χ1v) is 25.4. The number of amides is 10. The number of nitrogens with two attached hydrogens (primary N) is 3. The average molecular weight is 1010 g/mol. The Labute approximate surface area is 407 Å². The molecule has 0 bridgehead atoms. The second-order valence-electron chi connectivity index (χ2n) is 18.1. The molecule has 390 valence electrons. The van der Waals surface area contributed by atoms with Crippen LogP contribution in [0.1, 0.15) is 96.5 Å². The van der Waals surface area contributed by atoms with Crippen LogP contribution in [0.2, 0.25) is 0 Å². The van der Waals surface area contributed by atoms with Crippen LogP contribution >= 0.6 is 0 Å². The summed E-state index contributed by atoms with van der Waals surface area (Å²) in [4.78, 5) is 133. The minimum absolute atomic E-state index is 0.0218. The third kappa shape index (κ3) is 20.3. The second kappa shape index (κ2) is 28.3. The van der Waals surface area contributed by atoms with Crippen molar-refractivity contribution in [1.29, 1.82) is 0 Å². The molecule has 1 aliphatic carbocycles. The van der Waals surface area contributed by atoms with Gasteiger partial charge >= 0.3 is 0 Å². The molecule has 24 nitrogen and oxygen atoms in total. The van der Waals surface area contributed by atoms with Crippen LogP contribution in [0.25, 0.3) is 0 Å². The molecule has 25 heteroatoms. The summed E-state index contributed by atoms with van der Waals surface area (Å²) in [7, 11) is -2.83. The maximum atomic E-state index is 14.1. The second-order valence-corrected chi connectivity index (χ2v) is 20.4. The highest BCUT2D eigenvalue weighted by Crippen LogP contribution is 2.27. The van der Waals surface area contributed by atoms with E-state index in [2.05, 4.69) is 37.2 Å². The van der Waals surface area contributed by atoms with Crippen LogP contribution in [-0.4, -0.2) is 152 Å². The molecule has 7 atom stereocenters. The van der Waals surface area contributed by atoms with E-state index in [1.54, 1.807) is 26.0 Å². The number of benzene rings is 1. The van der Waals surface area contributed by atoms with Crippen LogP contribution in [0.3, 0.4) is 0 Å². The molecule has 0 unspecified atom stereocenters. The van der Waals surface area contributed by atoms with E-state index in [0.717, 1.165) is 37.0 Å². The third-order valence-electron chi connectivity index (χ3n) is 12.3. The number of likely N-dealkylation sites (N-methyl/N-ethyl adjacent to an activating group) is 1. The molecule has 0 radical (unpaired) electrons. The summed E-state index contributed by atoms with van der Waals surface area (Å²) in [5, 5.41) is 27.9.